The van der Waals surface area contributed by atoms with E-state index in [0.29, 0.717) is 26.7 Å². The molecule has 2 aromatic heterocycles. The van der Waals surface area contributed by atoms with E-state index in [2.05, 4.69) is 20.5 Å². The zero-order chi connectivity index (χ0) is 18.7. The van der Waals surface area contributed by atoms with Crippen molar-refractivity contribution in [2.45, 2.75) is 19.1 Å². The molecule has 0 spiro atoms. The summed E-state index contributed by atoms with van der Waals surface area (Å²) in [4.78, 5) is 16.1. The van der Waals surface area contributed by atoms with Crippen molar-refractivity contribution in [1.29, 1.82) is 0 Å². The van der Waals surface area contributed by atoms with E-state index in [1.807, 2.05) is 31.2 Å². The third-order valence-electron chi connectivity index (χ3n) is 3.57. The van der Waals surface area contributed by atoms with Crippen LogP contribution >= 0.6 is 35.0 Å². The van der Waals surface area contributed by atoms with Crippen LogP contribution < -0.4 is 5.32 Å². The van der Waals surface area contributed by atoms with E-state index in [9.17, 15) is 4.79 Å². The molecule has 6 nitrogen and oxygen atoms in total. The highest BCUT2D eigenvalue weighted by molar-refractivity contribution is 7.99. The van der Waals surface area contributed by atoms with Crippen LogP contribution in [0.15, 0.2) is 40.1 Å². The normalized spacial score (nSPS) is 10.8. The number of carbonyl (C=O) groups excluding carboxylic acids is 1. The summed E-state index contributed by atoms with van der Waals surface area (Å²) >= 11 is 13.2. The van der Waals surface area contributed by atoms with E-state index in [-0.39, 0.29) is 17.5 Å². The standard InChI is InChI=1S/C17H14Cl2N4O2S/c1-9-5-3-4-6-11(9)16-22-23-17(25-16)26-8-13(24)21-15-14(19)10(2)12(18)7-20-15/h3-7H,8H2,1-2H3,(H,20,21,24). The number of amides is 1. The highest BCUT2D eigenvalue weighted by Crippen LogP contribution is 2.29. The van der Waals surface area contributed by atoms with E-state index in [4.69, 9.17) is 27.6 Å². The molecule has 9 heteroatoms. The molecule has 2 heterocycles. The lowest BCUT2D eigenvalue weighted by Crippen LogP contribution is -2.15. The Balaban J connectivity index is 1.62. The fraction of sp³-hybridized carbons (Fsp3) is 0.176. The quantitative estimate of drug-likeness (QED) is 0.611. The Morgan fingerprint density at radius 1 is 1.23 bits per heavy atom. The van der Waals surface area contributed by atoms with Gasteiger partial charge in [-0.3, -0.25) is 4.79 Å². The summed E-state index contributed by atoms with van der Waals surface area (Å²) in [5.41, 5.74) is 2.55. The molecule has 1 aromatic carbocycles. The lowest BCUT2D eigenvalue weighted by atomic mass is 10.1. The van der Waals surface area contributed by atoms with Gasteiger partial charge in [0.1, 0.15) is 0 Å². The molecule has 0 unspecified atom stereocenters. The molecule has 26 heavy (non-hydrogen) atoms. The van der Waals surface area contributed by atoms with E-state index >= 15 is 0 Å². The fourth-order valence-electron chi connectivity index (χ4n) is 2.13. The smallest absolute Gasteiger partial charge is 0.277 e. The first-order valence-electron chi connectivity index (χ1n) is 7.58. The Morgan fingerprint density at radius 3 is 2.77 bits per heavy atom. The number of pyridine rings is 1. The Bertz CT molecular complexity index is 962. The number of rotatable bonds is 5. The molecule has 0 radical (unpaired) electrons. The molecule has 134 valence electrons. The number of anilines is 1. The second kappa shape index (κ2) is 8.07. The molecule has 0 bridgehead atoms. The van der Waals surface area contributed by atoms with Gasteiger partial charge in [-0.15, -0.1) is 10.2 Å². The third-order valence-corrected chi connectivity index (χ3v) is 5.23. The second-order valence-corrected chi connectivity index (χ2v) is 7.13. The summed E-state index contributed by atoms with van der Waals surface area (Å²) in [6, 6.07) is 7.70. The highest BCUT2D eigenvalue weighted by Gasteiger charge is 2.15. The minimum absolute atomic E-state index is 0.0785. The number of hydrogen-bond donors (Lipinski definition) is 1. The van der Waals surface area contributed by atoms with E-state index in [1.54, 1.807) is 6.92 Å². The van der Waals surface area contributed by atoms with Crippen LogP contribution in [0.5, 0.6) is 0 Å². The second-order valence-electron chi connectivity index (χ2n) is 5.42. The van der Waals surface area contributed by atoms with Crippen LogP contribution in [0.2, 0.25) is 10.0 Å². The van der Waals surface area contributed by atoms with E-state index < -0.39 is 0 Å². The summed E-state index contributed by atoms with van der Waals surface area (Å²) in [5, 5.41) is 11.7. The summed E-state index contributed by atoms with van der Waals surface area (Å²) in [7, 11) is 0. The predicted molar refractivity (Wildman–Crippen MR) is 103 cm³/mol. The van der Waals surface area contributed by atoms with Crippen LogP contribution in [0.1, 0.15) is 11.1 Å². The van der Waals surface area contributed by atoms with Gasteiger partial charge in [0.25, 0.3) is 5.22 Å². The zero-order valence-corrected chi connectivity index (χ0v) is 16.2. The average Bonchev–Trinajstić information content (AvgIpc) is 3.10. The number of nitrogens with one attached hydrogen (secondary N) is 1. The average molecular weight is 409 g/mol. The van der Waals surface area contributed by atoms with Crippen LogP contribution in [-0.2, 0) is 4.79 Å². The molecule has 0 aliphatic rings. The van der Waals surface area contributed by atoms with Gasteiger partial charge in [-0.25, -0.2) is 4.98 Å². The largest absolute Gasteiger partial charge is 0.411 e. The van der Waals surface area contributed by atoms with Gasteiger partial charge in [-0.05, 0) is 31.0 Å². The Kier molecular flexibility index (Phi) is 5.80. The summed E-state index contributed by atoms with van der Waals surface area (Å²) in [5.74, 6) is 0.478. The van der Waals surface area contributed by atoms with Crippen molar-refractivity contribution in [2.75, 3.05) is 11.1 Å². The van der Waals surface area contributed by atoms with Crippen LogP contribution in [0.25, 0.3) is 11.5 Å². The zero-order valence-electron chi connectivity index (χ0n) is 13.9. The van der Waals surface area contributed by atoms with Gasteiger partial charge >= 0.3 is 0 Å². The molecule has 0 saturated carbocycles. The molecule has 0 aliphatic carbocycles. The molecule has 1 amide bonds. The third kappa shape index (κ3) is 4.17. The summed E-state index contributed by atoms with van der Waals surface area (Å²) in [6.45, 7) is 3.72. The minimum atomic E-state index is -0.290. The number of thioether (sulfide) groups is 1. The van der Waals surface area contributed by atoms with Crippen molar-refractivity contribution in [3.8, 4) is 11.5 Å². The van der Waals surface area contributed by atoms with Crippen LogP contribution in [0.4, 0.5) is 5.82 Å². The van der Waals surface area contributed by atoms with Crippen LogP contribution in [0, 0.1) is 13.8 Å². The Hall–Kier alpha value is -2.09. The Morgan fingerprint density at radius 2 is 2.00 bits per heavy atom. The molecule has 1 N–H and O–H groups in total. The number of aromatic nitrogens is 3. The van der Waals surface area contributed by atoms with Crippen molar-refractivity contribution in [2.24, 2.45) is 0 Å². The molecule has 0 atom stereocenters. The lowest BCUT2D eigenvalue weighted by Gasteiger charge is -2.08. The maximum atomic E-state index is 12.1. The van der Waals surface area contributed by atoms with Crippen molar-refractivity contribution < 1.29 is 9.21 Å². The van der Waals surface area contributed by atoms with Gasteiger partial charge in [0.15, 0.2) is 5.82 Å². The first-order valence-corrected chi connectivity index (χ1v) is 9.32. The van der Waals surface area contributed by atoms with Crippen molar-refractivity contribution in [1.82, 2.24) is 15.2 Å². The van der Waals surface area contributed by atoms with Crippen molar-refractivity contribution in [3.63, 3.8) is 0 Å². The molecule has 3 rings (SSSR count). The van der Waals surface area contributed by atoms with Gasteiger partial charge in [0.05, 0.1) is 15.8 Å². The van der Waals surface area contributed by atoms with Gasteiger partial charge in [-0.1, -0.05) is 53.2 Å². The van der Waals surface area contributed by atoms with Gasteiger partial charge in [0.2, 0.25) is 11.8 Å². The van der Waals surface area contributed by atoms with Gasteiger partial charge < -0.3 is 9.73 Å². The van der Waals surface area contributed by atoms with Crippen molar-refractivity contribution in [3.05, 3.63) is 51.6 Å². The lowest BCUT2D eigenvalue weighted by molar-refractivity contribution is -0.113. The highest BCUT2D eigenvalue weighted by atomic mass is 35.5. The van der Waals surface area contributed by atoms with Crippen LogP contribution in [0.3, 0.4) is 0 Å². The molecule has 0 saturated heterocycles. The first-order chi connectivity index (χ1) is 12.5. The number of aryl methyl sites for hydroxylation is 1. The molecule has 0 fully saturated rings. The van der Waals surface area contributed by atoms with Gasteiger partial charge in [0, 0.05) is 11.8 Å². The summed E-state index contributed by atoms with van der Waals surface area (Å²) < 4.78 is 5.61. The number of hydrogen-bond acceptors (Lipinski definition) is 6. The minimum Gasteiger partial charge on any atom is -0.411 e. The van der Waals surface area contributed by atoms with Crippen LogP contribution in [-0.4, -0.2) is 26.8 Å². The molecule has 3 aromatic rings. The monoisotopic (exact) mass is 408 g/mol. The molecular weight excluding hydrogens is 395 g/mol. The maximum absolute atomic E-state index is 12.1. The molecule has 0 aliphatic heterocycles. The Labute approximate surface area is 164 Å². The predicted octanol–water partition coefficient (Wildman–Crippen LogP) is 4.79. The fourth-order valence-corrected chi connectivity index (χ4v) is 3.08. The van der Waals surface area contributed by atoms with E-state index in [1.165, 1.54) is 6.20 Å². The maximum Gasteiger partial charge on any atom is 0.277 e. The number of halogens is 2. The number of benzene rings is 1. The SMILES string of the molecule is Cc1ccccc1-c1nnc(SCC(=O)Nc2ncc(Cl)c(C)c2Cl)o1. The van der Waals surface area contributed by atoms with Gasteiger partial charge in [-0.2, -0.15) is 0 Å². The number of nitrogens with zero attached hydrogens (tertiary/aromatic N) is 3. The topological polar surface area (TPSA) is 80.9 Å². The summed E-state index contributed by atoms with van der Waals surface area (Å²) in [6.07, 6.45) is 1.44. The van der Waals surface area contributed by atoms with E-state index in [0.717, 1.165) is 22.9 Å². The first kappa shape index (κ1) is 18.7. The number of carbonyl (C=O) groups is 1. The molecular formula is C17H14Cl2N4O2S. The van der Waals surface area contributed by atoms with Crippen molar-refractivity contribution >= 4 is 46.7 Å².